The van der Waals surface area contributed by atoms with Crippen LogP contribution in [-0.2, 0) is 6.54 Å². The Bertz CT molecular complexity index is 563. The quantitative estimate of drug-likeness (QED) is 0.477. The molecular formula is C12H13N2O2S+. The third-order valence-electron chi connectivity index (χ3n) is 2.77. The van der Waals surface area contributed by atoms with Crippen LogP contribution in [0.2, 0.25) is 0 Å². The maximum Gasteiger partial charge on any atom is 0.269 e. The lowest BCUT2D eigenvalue weighted by Gasteiger charge is -1.97. The summed E-state index contributed by atoms with van der Waals surface area (Å²) < 4.78 is 2.11. The Kier molecular flexibility index (Phi) is 3.19. The first-order valence-corrected chi connectivity index (χ1v) is 6.13. The fourth-order valence-corrected chi connectivity index (χ4v) is 2.44. The van der Waals surface area contributed by atoms with Crippen LogP contribution in [0.1, 0.15) is 16.1 Å². The van der Waals surface area contributed by atoms with E-state index < -0.39 is 0 Å². The third kappa shape index (κ3) is 2.50. The minimum Gasteiger partial charge on any atom is -0.258 e. The van der Waals surface area contributed by atoms with Crippen molar-refractivity contribution in [3.05, 3.63) is 56.0 Å². The molecule has 4 nitrogen and oxygen atoms in total. The predicted molar refractivity (Wildman–Crippen MR) is 66.2 cm³/mol. The lowest BCUT2D eigenvalue weighted by Crippen LogP contribution is -2.34. The average Bonchev–Trinajstić information content (AvgIpc) is 2.61. The normalized spacial score (nSPS) is 10.5. The Labute approximate surface area is 103 Å². The molecule has 2 rings (SSSR count). The van der Waals surface area contributed by atoms with Crippen LogP contribution >= 0.6 is 11.3 Å². The Morgan fingerprint density at radius 3 is 2.76 bits per heavy atom. The van der Waals surface area contributed by atoms with Gasteiger partial charge < -0.3 is 0 Å². The molecule has 1 aromatic heterocycles. The molecular weight excluding hydrogens is 236 g/mol. The molecule has 88 valence electrons. The Morgan fingerprint density at radius 1 is 1.41 bits per heavy atom. The molecule has 1 heterocycles. The van der Waals surface area contributed by atoms with Gasteiger partial charge in [-0.1, -0.05) is 23.5 Å². The Balaban J connectivity index is 2.27. The van der Waals surface area contributed by atoms with Crippen molar-refractivity contribution in [1.29, 1.82) is 0 Å². The average molecular weight is 249 g/mol. The second-order valence-electron chi connectivity index (χ2n) is 3.92. The maximum atomic E-state index is 10.7. The van der Waals surface area contributed by atoms with Gasteiger partial charge in [0, 0.05) is 24.6 Å². The van der Waals surface area contributed by atoms with Crippen LogP contribution in [0, 0.1) is 24.0 Å². The summed E-state index contributed by atoms with van der Waals surface area (Å²) in [5.41, 5.74) is 4.35. The lowest BCUT2D eigenvalue weighted by atomic mass is 10.2. The minimum atomic E-state index is -0.361. The molecule has 0 aliphatic heterocycles. The van der Waals surface area contributed by atoms with Crippen molar-refractivity contribution in [2.45, 2.75) is 20.4 Å². The summed E-state index contributed by atoms with van der Waals surface area (Å²) in [5, 5.41) is 10.7. The highest BCUT2D eigenvalue weighted by Crippen LogP contribution is 2.14. The van der Waals surface area contributed by atoms with Crippen molar-refractivity contribution in [2.24, 2.45) is 0 Å². The number of rotatable bonds is 3. The number of non-ortho nitro benzene ring substituents is 1. The van der Waals surface area contributed by atoms with E-state index in [0.29, 0.717) is 6.54 Å². The summed E-state index contributed by atoms with van der Waals surface area (Å²) in [6, 6.07) is 6.77. The van der Waals surface area contributed by atoms with Crippen molar-refractivity contribution in [3.63, 3.8) is 0 Å². The highest BCUT2D eigenvalue weighted by molar-refractivity contribution is 7.09. The standard InChI is InChI=1S/C12H13N2O2S/c1-9-10(2)17-8-13(9)7-11-4-3-5-12(6-11)14(15)16/h3-6,8H,7H2,1-2H3/q+1. The van der Waals surface area contributed by atoms with E-state index in [2.05, 4.69) is 18.4 Å². The van der Waals surface area contributed by atoms with Crippen LogP contribution < -0.4 is 4.57 Å². The number of aryl methyl sites for hydroxylation is 1. The number of hydrogen-bond acceptors (Lipinski definition) is 3. The smallest absolute Gasteiger partial charge is 0.258 e. The molecule has 2 aromatic rings. The van der Waals surface area contributed by atoms with Crippen LogP contribution in [0.5, 0.6) is 0 Å². The number of aromatic nitrogens is 1. The van der Waals surface area contributed by atoms with Crippen LogP contribution in [0.15, 0.2) is 29.8 Å². The summed E-state index contributed by atoms with van der Waals surface area (Å²) in [6.45, 7) is 4.81. The van der Waals surface area contributed by atoms with Crippen molar-refractivity contribution < 1.29 is 9.49 Å². The van der Waals surface area contributed by atoms with Gasteiger partial charge in [0.25, 0.3) is 5.69 Å². The number of benzene rings is 1. The molecule has 0 atom stereocenters. The van der Waals surface area contributed by atoms with Gasteiger partial charge in [-0.3, -0.25) is 10.1 Å². The highest BCUT2D eigenvalue weighted by Gasteiger charge is 2.14. The molecule has 0 unspecified atom stereocenters. The number of thiazole rings is 1. The van der Waals surface area contributed by atoms with E-state index in [1.807, 2.05) is 11.6 Å². The van der Waals surface area contributed by atoms with Gasteiger partial charge in [0.1, 0.15) is 0 Å². The van der Waals surface area contributed by atoms with Gasteiger partial charge in [-0.25, -0.2) is 0 Å². The monoisotopic (exact) mass is 249 g/mol. The zero-order valence-electron chi connectivity index (χ0n) is 9.71. The number of nitrogens with zero attached hydrogens (tertiary/aromatic N) is 2. The molecule has 0 fully saturated rings. The van der Waals surface area contributed by atoms with Crippen LogP contribution in [0.25, 0.3) is 0 Å². The molecule has 0 aliphatic carbocycles. The van der Waals surface area contributed by atoms with Gasteiger partial charge >= 0.3 is 0 Å². The zero-order valence-corrected chi connectivity index (χ0v) is 10.5. The number of nitro benzene ring substituents is 1. The molecule has 0 N–H and O–H groups in total. The second-order valence-corrected chi connectivity index (χ2v) is 4.98. The van der Waals surface area contributed by atoms with E-state index in [9.17, 15) is 10.1 Å². The second kappa shape index (κ2) is 4.63. The van der Waals surface area contributed by atoms with Gasteiger partial charge in [-0.15, -0.1) is 0 Å². The Morgan fingerprint density at radius 2 is 2.18 bits per heavy atom. The zero-order chi connectivity index (χ0) is 12.4. The van der Waals surface area contributed by atoms with E-state index in [1.165, 1.54) is 16.6 Å². The molecule has 0 spiro atoms. The molecule has 0 radical (unpaired) electrons. The first-order valence-electron chi connectivity index (χ1n) is 5.25. The fourth-order valence-electron chi connectivity index (χ4n) is 1.63. The van der Waals surface area contributed by atoms with Gasteiger partial charge in [0.05, 0.1) is 9.80 Å². The topological polar surface area (TPSA) is 47.0 Å². The first-order chi connectivity index (χ1) is 8.08. The first kappa shape index (κ1) is 11.7. The summed E-state index contributed by atoms with van der Waals surface area (Å²) in [7, 11) is 0. The minimum absolute atomic E-state index is 0.146. The van der Waals surface area contributed by atoms with E-state index in [4.69, 9.17) is 0 Å². The van der Waals surface area contributed by atoms with Crippen molar-refractivity contribution in [3.8, 4) is 0 Å². The van der Waals surface area contributed by atoms with Crippen molar-refractivity contribution >= 4 is 17.0 Å². The van der Waals surface area contributed by atoms with Crippen molar-refractivity contribution in [2.75, 3.05) is 0 Å². The predicted octanol–water partition coefficient (Wildman–Crippen LogP) is 2.61. The molecule has 0 amide bonds. The summed E-state index contributed by atoms with van der Waals surface area (Å²) in [6.07, 6.45) is 0. The lowest BCUT2D eigenvalue weighted by molar-refractivity contribution is -0.689. The molecule has 0 saturated carbocycles. The SMILES string of the molecule is Cc1sc[n+](Cc2cccc([N+](=O)[O-])c2)c1C. The maximum absolute atomic E-state index is 10.7. The molecule has 17 heavy (non-hydrogen) atoms. The van der Waals surface area contributed by atoms with Gasteiger partial charge in [-0.05, 0) is 6.92 Å². The van der Waals surface area contributed by atoms with E-state index in [-0.39, 0.29) is 10.6 Å². The molecule has 0 bridgehead atoms. The van der Waals surface area contributed by atoms with Crippen LogP contribution in [0.3, 0.4) is 0 Å². The van der Waals surface area contributed by atoms with Gasteiger partial charge in [-0.2, -0.15) is 4.57 Å². The Hall–Kier alpha value is -1.75. The third-order valence-corrected chi connectivity index (χ3v) is 3.78. The van der Waals surface area contributed by atoms with E-state index >= 15 is 0 Å². The number of hydrogen-bond donors (Lipinski definition) is 0. The summed E-state index contributed by atoms with van der Waals surface area (Å²) >= 11 is 1.69. The summed E-state index contributed by atoms with van der Waals surface area (Å²) in [5.74, 6) is 0. The van der Waals surface area contributed by atoms with Crippen molar-refractivity contribution in [1.82, 2.24) is 0 Å². The van der Waals surface area contributed by atoms with Gasteiger partial charge in [0.2, 0.25) is 5.51 Å². The molecule has 0 saturated heterocycles. The fraction of sp³-hybridized carbons (Fsp3) is 0.250. The summed E-state index contributed by atoms with van der Waals surface area (Å²) in [4.78, 5) is 11.6. The largest absolute Gasteiger partial charge is 0.269 e. The van der Waals surface area contributed by atoms with Gasteiger partial charge in [0.15, 0.2) is 12.2 Å². The van der Waals surface area contributed by atoms with E-state index in [1.54, 1.807) is 23.5 Å². The number of nitro groups is 1. The van der Waals surface area contributed by atoms with E-state index in [0.717, 1.165) is 5.56 Å². The molecule has 1 aromatic carbocycles. The molecule has 0 aliphatic rings. The molecule has 5 heteroatoms. The van der Waals surface area contributed by atoms with Crippen LogP contribution in [0.4, 0.5) is 5.69 Å². The highest BCUT2D eigenvalue weighted by atomic mass is 32.1. The van der Waals surface area contributed by atoms with Crippen LogP contribution in [-0.4, -0.2) is 4.92 Å².